The van der Waals surface area contributed by atoms with E-state index >= 15 is 0 Å². The van der Waals surface area contributed by atoms with Crippen LogP contribution >= 0.6 is 12.2 Å². The van der Waals surface area contributed by atoms with Crippen molar-refractivity contribution < 1.29 is 4.74 Å². The van der Waals surface area contributed by atoms with Gasteiger partial charge in [-0.15, -0.1) is 0 Å². The number of benzene rings is 1. The highest BCUT2D eigenvalue weighted by Gasteiger charge is 2.07. The summed E-state index contributed by atoms with van der Waals surface area (Å²) < 4.78 is 5.14. The minimum absolute atomic E-state index is 0.367. The zero-order chi connectivity index (χ0) is 13.8. The van der Waals surface area contributed by atoms with E-state index in [0.717, 1.165) is 22.8 Å². The normalized spacial score (nSPS) is 10.0. The standard InChI is InChI=1S/C14H15N3OS/c1-17(11-3-5-12(18-2)6-4-11)13-9-10(14(15)19)7-8-16-13/h3-9H,1-2H3,(H2,15,19). The maximum absolute atomic E-state index is 5.63. The number of nitrogens with zero attached hydrogens (tertiary/aromatic N) is 2. The van der Waals surface area contributed by atoms with Gasteiger partial charge >= 0.3 is 0 Å². The quantitative estimate of drug-likeness (QED) is 0.867. The Kier molecular flexibility index (Phi) is 3.97. The molecule has 0 aliphatic rings. The molecule has 2 aromatic rings. The van der Waals surface area contributed by atoms with Crippen molar-refractivity contribution in [2.75, 3.05) is 19.1 Å². The molecule has 0 aliphatic carbocycles. The van der Waals surface area contributed by atoms with Gasteiger partial charge in [0.15, 0.2) is 0 Å². The molecule has 2 N–H and O–H groups in total. The molecule has 1 aromatic carbocycles. The lowest BCUT2D eigenvalue weighted by Gasteiger charge is -2.19. The minimum atomic E-state index is 0.367. The summed E-state index contributed by atoms with van der Waals surface area (Å²) in [5, 5.41) is 0. The zero-order valence-electron chi connectivity index (χ0n) is 10.8. The average Bonchev–Trinajstić information content (AvgIpc) is 2.46. The summed E-state index contributed by atoms with van der Waals surface area (Å²) in [6.07, 6.45) is 1.70. The number of anilines is 2. The molecule has 0 saturated carbocycles. The Morgan fingerprint density at radius 3 is 2.53 bits per heavy atom. The maximum atomic E-state index is 5.63. The molecular weight excluding hydrogens is 258 g/mol. The number of thiocarbonyl (C=S) groups is 1. The van der Waals surface area contributed by atoms with Crippen LogP contribution in [0.2, 0.25) is 0 Å². The topological polar surface area (TPSA) is 51.4 Å². The predicted octanol–water partition coefficient (Wildman–Crippen LogP) is 2.49. The van der Waals surface area contributed by atoms with Crippen LogP contribution in [0, 0.1) is 0 Å². The molecule has 0 unspecified atom stereocenters. The molecule has 2 rings (SSSR count). The van der Waals surface area contributed by atoms with E-state index in [1.54, 1.807) is 19.4 Å². The molecule has 98 valence electrons. The summed E-state index contributed by atoms with van der Waals surface area (Å²) >= 11 is 4.97. The Balaban J connectivity index is 2.29. The van der Waals surface area contributed by atoms with Crippen LogP contribution in [-0.4, -0.2) is 24.1 Å². The maximum Gasteiger partial charge on any atom is 0.133 e. The monoisotopic (exact) mass is 273 g/mol. The molecule has 0 aliphatic heterocycles. The van der Waals surface area contributed by atoms with Gasteiger partial charge in [-0.3, -0.25) is 0 Å². The van der Waals surface area contributed by atoms with Gasteiger partial charge in [0, 0.05) is 24.5 Å². The zero-order valence-corrected chi connectivity index (χ0v) is 11.6. The molecule has 19 heavy (non-hydrogen) atoms. The van der Waals surface area contributed by atoms with Crippen molar-refractivity contribution in [3.05, 3.63) is 48.2 Å². The van der Waals surface area contributed by atoms with E-state index in [4.69, 9.17) is 22.7 Å². The van der Waals surface area contributed by atoms with Gasteiger partial charge in [0.1, 0.15) is 16.6 Å². The van der Waals surface area contributed by atoms with Gasteiger partial charge in [0.2, 0.25) is 0 Å². The number of rotatable bonds is 4. The van der Waals surface area contributed by atoms with Crippen LogP contribution in [0.3, 0.4) is 0 Å². The molecule has 0 atom stereocenters. The van der Waals surface area contributed by atoms with Crippen LogP contribution < -0.4 is 15.4 Å². The fraction of sp³-hybridized carbons (Fsp3) is 0.143. The average molecular weight is 273 g/mol. The molecule has 0 spiro atoms. The summed E-state index contributed by atoms with van der Waals surface area (Å²) in [4.78, 5) is 6.65. The van der Waals surface area contributed by atoms with E-state index < -0.39 is 0 Å². The Labute approximate surface area is 117 Å². The third kappa shape index (κ3) is 3.00. The minimum Gasteiger partial charge on any atom is -0.497 e. The number of methoxy groups -OCH3 is 1. The highest BCUT2D eigenvalue weighted by molar-refractivity contribution is 7.80. The van der Waals surface area contributed by atoms with Gasteiger partial charge in [-0.1, -0.05) is 12.2 Å². The van der Waals surface area contributed by atoms with Crippen molar-refractivity contribution in [2.24, 2.45) is 5.73 Å². The van der Waals surface area contributed by atoms with Gasteiger partial charge in [-0.2, -0.15) is 0 Å². The molecule has 0 radical (unpaired) electrons. The lowest BCUT2D eigenvalue weighted by atomic mass is 10.2. The van der Waals surface area contributed by atoms with Gasteiger partial charge in [-0.25, -0.2) is 4.98 Å². The van der Waals surface area contributed by atoms with Crippen molar-refractivity contribution >= 4 is 28.7 Å². The van der Waals surface area contributed by atoms with Crippen LogP contribution in [0.25, 0.3) is 0 Å². The number of ether oxygens (including phenoxy) is 1. The summed E-state index contributed by atoms with van der Waals surface area (Å²) in [5.74, 6) is 1.61. The lowest BCUT2D eigenvalue weighted by molar-refractivity contribution is 0.415. The third-order valence-corrected chi connectivity index (χ3v) is 3.07. The predicted molar refractivity (Wildman–Crippen MR) is 81.2 cm³/mol. The Morgan fingerprint density at radius 1 is 1.26 bits per heavy atom. The van der Waals surface area contributed by atoms with Gasteiger partial charge < -0.3 is 15.4 Å². The molecule has 1 aromatic heterocycles. The van der Waals surface area contributed by atoms with Crippen molar-refractivity contribution in [3.8, 4) is 5.75 Å². The molecule has 1 heterocycles. The van der Waals surface area contributed by atoms with E-state index in [1.165, 1.54) is 0 Å². The van der Waals surface area contributed by atoms with E-state index in [9.17, 15) is 0 Å². The van der Waals surface area contributed by atoms with Crippen LogP contribution in [0.4, 0.5) is 11.5 Å². The summed E-state index contributed by atoms with van der Waals surface area (Å²) in [6, 6.07) is 11.4. The third-order valence-electron chi connectivity index (χ3n) is 2.83. The highest BCUT2D eigenvalue weighted by atomic mass is 32.1. The van der Waals surface area contributed by atoms with Crippen molar-refractivity contribution in [1.29, 1.82) is 0 Å². The van der Waals surface area contributed by atoms with Crippen LogP contribution in [-0.2, 0) is 0 Å². The number of hydrogen-bond acceptors (Lipinski definition) is 4. The smallest absolute Gasteiger partial charge is 0.133 e. The van der Waals surface area contributed by atoms with E-state index in [2.05, 4.69) is 4.98 Å². The Hall–Kier alpha value is -2.14. The number of aromatic nitrogens is 1. The first-order valence-corrected chi connectivity index (χ1v) is 6.16. The number of nitrogens with two attached hydrogens (primary N) is 1. The number of hydrogen-bond donors (Lipinski definition) is 1. The van der Waals surface area contributed by atoms with Crippen LogP contribution in [0.1, 0.15) is 5.56 Å². The molecule has 4 nitrogen and oxygen atoms in total. The first-order chi connectivity index (χ1) is 9.11. The molecule has 0 saturated heterocycles. The van der Waals surface area contributed by atoms with E-state index in [1.807, 2.05) is 42.3 Å². The molecule has 5 heteroatoms. The summed E-state index contributed by atoms with van der Waals surface area (Å²) in [5.41, 5.74) is 7.44. The second kappa shape index (κ2) is 5.67. The van der Waals surface area contributed by atoms with Crippen LogP contribution in [0.15, 0.2) is 42.6 Å². The van der Waals surface area contributed by atoms with Crippen LogP contribution in [0.5, 0.6) is 5.75 Å². The number of pyridine rings is 1. The first-order valence-electron chi connectivity index (χ1n) is 5.75. The molecule has 0 fully saturated rings. The van der Waals surface area contributed by atoms with Crippen molar-refractivity contribution in [1.82, 2.24) is 4.98 Å². The Morgan fingerprint density at radius 2 is 1.95 bits per heavy atom. The Bertz CT molecular complexity index is 583. The lowest BCUT2D eigenvalue weighted by Crippen LogP contribution is -2.14. The van der Waals surface area contributed by atoms with Gasteiger partial charge in [0.25, 0.3) is 0 Å². The fourth-order valence-electron chi connectivity index (χ4n) is 1.69. The highest BCUT2D eigenvalue weighted by Crippen LogP contribution is 2.24. The molecule has 0 amide bonds. The van der Waals surface area contributed by atoms with E-state index in [-0.39, 0.29) is 0 Å². The SMILES string of the molecule is COc1ccc(N(C)c2cc(C(N)=S)ccn2)cc1. The largest absolute Gasteiger partial charge is 0.497 e. The van der Waals surface area contributed by atoms with Gasteiger partial charge in [0.05, 0.1) is 7.11 Å². The van der Waals surface area contributed by atoms with E-state index in [0.29, 0.717) is 4.99 Å². The molecular formula is C14H15N3OS. The van der Waals surface area contributed by atoms with Crippen molar-refractivity contribution in [2.45, 2.75) is 0 Å². The molecule has 0 bridgehead atoms. The first kappa shape index (κ1) is 13.3. The fourth-order valence-corrected chi connectivity index (χ4v) is 1.82. The van der Waals surface area contributed by atoms with Gasteiger partial charge in [-0.05, 0) is 36.4 Å². The second-order valence-electron chi connectivity index (χ2n) is 4.02. The summed E-state index contributed by atoms with van der Waals surface area (Å²) in [7, 11) is 3.58. The summed E-state index contributed by atoms with van der Waals surface area (Å²) in [6.45, 7) is 0. The van der Waals surface area contributed by atoms with Crippen molar-refractivity contribution in [3.63, 3.8) is 0 Å². The second-order valence-corrected chi connectivity index (χ2v) is 4.46.